The van der Waals surface area contributed by atoms with E-state index in [1.165, 1.54) is 0 Å². The van der Waals surface area contributed by atoms with Crippen molar-refractivity contribution < 1.29 is 9.53 Å². The van der Waals surface area contributed by atoms with Crippen molar-refractivity contribution >= 4 is 5.78 Å². The van der Waals surface area contributed by atoms with E-state index in [4.69, 9.17) is 4.74 Å². The van der Waals surface area contributed by atoms with Gasteiger partial charge in [0.2, 0.25) is 0 Å². The first kappa shape index (κ1) is 12.2. The highest BCUT2D eigenvalue weighted by Gasteiger charge is 2.25. The third-order valence-electron chi connectivity index (χ3n) is 3.08. The highest BCUT2D eigenvalue weighted by molar-refractivity contribution is 5.85. The number of ketones is 1. The van der Waals surface area contributed by atoms with Gasteiger partial charge in [0.25, 0.3) is 0 Å². The fourth-order valence-corrected chi connectivity index (χ4v) is 2.00. The van der Waals surface area contributed by atoms with Crippen LogP contribution >= 0.6 is 0 Å². The Morgan fingerprint density at radius 1 is 1.53 bits per heavy atom. The monoisotopic (exact) mass is 234 g/mol. The minimum Gasteiger partial charge on any atom is -0.368 e. The van der Waals surface area contributed by atoms with E-state index in [1.54, 1.807) is 12.4 Å². The smallest absolute Gasteiger partial charge is 0.167 e. The third kappa shape index (κ3) is 3.35. The molecule has 1 unspecified atom stereocenters. The van der Waals surface area contributed by atoms with Crippen molar-refractivity contribution in [1.82, 2.24) is 9.88 Å². The molecule has 1 aromatic heterocycles. The van der Waals surface area contributed by atoms with E-state index < -0.39 is 0 Å². The van der Waals surface area contributed by atoms with Crippen LogP contribution in [0, 0.1) is 0 Å². The minimum atomic E-state index is -0.267. The Labute approximate surface area is 102 Å². The zero-order valence-corrected chi connectivity index (χ0v) is 10.1. The molecule has 4 nitrogen and oxygen atoms in total. The quantitative estimate of drug-likeness (QED) is 0.776. The molecule has 0 N–H and O–H groups in total. The normalized spacial score (nSPS) is 21.4. The molecule has 1 aromatic rings. The van der Waals surface area contributed by atoms with Crippen molar-refractivity contribution in [1.29, 1.82) is 0 Å². The average Bonchev–Trinajstić information content (AvgIpc) is 2.40. The predicted molar refractivity (Wildman–Crippen MR) is 64.8 cm³/mol. The molecular formula is C13H18N2O2. The third-order valence-corrected chi connectivity index (χ3v) is 3.08. The summed E-state index contributed by atoms with van der Waals surface area (Å²) >= 11 is 0. The number of aromatic nitrogens is 1. The lowest BCUT2D eigenvalue weighted by molar-refractivity contribution is -0.135. The highest BCUT2D eigenvalue weighted by atomic mass is 16.5. The Kier molecular flexibility index (Phi) is 4.23. The van der Waals surface area contributed by atoms with Crippen molar-refractivity contribution in [2.45, 2.75) is 19.4 Å². The summed E-state index contributed by atoms with van der Waals surface area (Å²) in [5, 5.41) is 0. The number of carbonyl (C=O) groups excluding carboxylic acids is 1. The second kappa shape index (κ2) is 5.89. The van der Waals surface area contributed by atoms with Gasteiger partial charge in [-0.05, 0) is 24.2 Å². The van der Waals surface area contributed by atoms with Crippen LogP contribution in [0.2, 0.25) is 0 Å². The molecular weight excluding hydrogens is 216 g/mol. The Bertz CT molecular complexity index is 367. The number of rotatable bonds is 4. The number of pyridine rings is 1. The van der Waals surface area contributed by atoms with Gasteiger partial charge in [-0.15, -0.1) is 0 Å². The van der Waals surface area contributed by atoms with E-state index in [0.29, 0.717) is 13.0 Å². The van der Waals surface area contributed by atoms with Gasteiger partial charge in [-0.1, -0.05) is 6.92 Å². The van der Waals surface area contributed by atoms with Crippen molar-refractivity contribution in [2.75, 3.05) is 26.2 Å². The van der Waals surface area contributed by atoms with Crippen LogP contribution in [0.4, 0.5) is 0 Å². The van der Waals surface area contributed by atoms with Gasteiger partial charge in [0.15, 0.2) is 5.78 Å². The van der Waals surface area contributed by atoms with Crippen LogP contribution in [0.25, 0.3) is 0 Å². The maximum Gasteiger partial charge on any atom is 0.167 e. The molecule has 2 rings (SSSR count). The van der Waals surface area contributed by atoms with Crippen LogP contribution in [0.15, 0.2) is 24.5 Å². The van der Waals surface area contributed by atoms with E-state index in [0.717, 1.165) is 25.2 Å². The molecule has 2 heterocycles. The molecule has 1 aliphatic rings. The summed E-state index contributed by atoms with van der Waals surface area (Å²) in [6.07, 6.45) is 3.59. The van der Waals surface area contributed by atoms with Gasteiger partial charge in [-0.25, -0.2) is 0 Å². The van der Waals surface area contributed by atoms with Crippen LogP contribution in [0.1, 0.15) is 12.5 Å². The number of likely N-dealkylation sites (N-methyl/N-ethyl adjacent to an activating group) is 1. The second-order valence-electron chi connectivity index (χ2n) is 4.25. The van der Waals surface area contributed by atoms with Crippen LogP contribution in [-0.2, 0) is 16.0 Å². The largest absolute Gasteiger partial charge is 0.368 e. The molecule has 1 aliphatic heterocycles. The first-order valence-electron chi connectivity index (χ1n) is 6.05. The molecule has 92 valence electrons. The van der Waals surface area contributed by atoms with Gasteiger partial charge in [-0.3, -0.25) is 14.7 Å². The van der Waals surface area contributed by atoms with Crippen molar-refractivity contribution in [3.63, 3.8) is 0 Å². The van der Waals surface area contributed by atoms with Gasteiger partial charge in [0, 0.05) is 31.9 Å². The molecule has 0 amide bonds. The van der Waals surface area contributed by atoms with Gasteiger partial charge in [0.1, 0.15) is 6.10 Å². The predicted octanol–water partition coefficient (Wildman–Crippen LogP) is 0.914. The first-order chi connectivity index (χ1) is 8.29. The molecule has 1 saturated heterocycles. The molecule has 0 aromatic carbocycles. The summed E-state index contributed by atoms with van der Waals surface area (Å²) in [7, 11) is 0. The lowest BCUT2D eigenvalue weighted by Crippen LogP contribution is -2.46. The van der Waals surface area contributed by atoms with Gasteiger partial charge in [-0.2, -0.15) is 0 Å². The number of morpholine rings is 1. The first-order valence-corrected chi connectivity index (χ1v) is 6.05. The fraction of sp³-hybridized carbons (Fsp3) is 0.538. The van der Waals surface area contributed by atoms with Crippen LogP contribution in [-0.4, -0.2) is 48.0 Å². The maximum absolute atomic E-state index is 12.1. The minimum absolute atomic E-state index is 0.161. The number of carbonyl (C=O) groups is 1. The lowest BCUT2D eigenvalue weighted by atomic mass is 10.1. The fourth-order valence-electron chi connectivity index (χ4n) is 2.00. The summed E-state index contributed by atoms with van der Waals surface area (Å²) in [6, 6.07) is 3.75. The van der Waals surface area contributed by atoms with E-state index in [1.807, 2.05) is 12.1 Å². The lowest BCUT2D eigenvalue weighted by Gasteiger charge is -2.31. The number of Topliss-reactive ketones (excluding diaryl/α,β-unsaturated/α-hetero) is 1. The molecule has 1 atom stereocenters. The van der Waals surface area contributed by atoms with Gasteiger partial charge < -0.3 is 4.74 Å². The standard InChI is InChI=1S/C13H18N2O2/c1-2-15-7-8-17-13(10-15)12(16)9-11-3-5-14-6-4-11/h3-6,13H,2,7-10H2,1H3. The topological polar surface area (TPSA) is 42.4 Å². The van der Waals surface area contributed by atoms with Crippen LogP contribution < -0.4 is 0 Å². The molecule has 0 aliphatic carbocycles. The molecule has 1 fully saturated rings. The molecule has 0 spiro atoms. The summed E-state index contributed by atoms with van der Waals surface area (Å²) in [6.45, 7) is 5.38. The summed E-state index contributed by atoms with van der Waals surface area (Å²) < 4.78 is 5.54. The van der Waals surface area contributed by atoms with Crippen molar-refractivity contribution in [3.05, 3.63) is 30.1 Å². The van der Waals surface area contributed by atoms with E-state index in [9.17, 15) is 4.79 Å². The Balaban J connectivity index is 1.91. The van der Waals surface area contributed by atoms with Crippen LogP contribution in [0.5, 0.6) is 0 Å². The number of nitrogens with zero attached hydrogens (tertiary/aromatic N) is 2. The Morgan fingerprint density at radius 3 is 3.00 bits per heavy atom. The summed E-state index contributed by atoms with van der Waals surface area (Å²) in [4.78, 5) is 18.2. The van der Waals surface area contributed by atoms with Gasteiger partial charge in [0.05, 0.1) is 6.61 Å². The van der Waals surface area contributed by atoms with E-state index in [2.05, 4.69) is 16.8 Å². The SMILES string of the molecule is CCN1CCOC(C(=O)Cc2ccncc2)C1. The summed E-state index contributed by atoms with van der Waals surface area (Å²) in [5.74, 6) is 0.161. The molecule has 0 radical (unpaired) electrons. The number of hydrogen-bond acceptors (Lipinski definition) is 4. The highest BCUT2D eigenvalue weighted by Crippen LogP contribution is 2.09. The Hall–Kier alpha value is -1.26. The second-order valence-corrected chi connectivity index (χ2v) is 4.25. The van der Waals surface area contributed by atoms with Crippen LogP contribution in [0.3, 0.4) is 0 Å². The van der Waals surface area contributed by atoms with E-state index >= 15 is 0 Å². The van der Waals surface area contributed by atoms with Gasteiger partial charge >= 0.3 is 0 Å². The zero-order valence-electron chi connectivity index (χ0n) is 10.1. The van der Waals surface area contributed by atoms with Crippen molar-refractivity contribution in [2.24, 2.45) is 0 Å². The molecule has 0 saturated carbocycles. The maximum atomic E-state index is 12.1. The number of hydrogen-bond donors (Lipinski definition) is 0. The zero-order chi connectivity index (χ0) is 12.1. The van der Waals surface area contributed by atoms with Crippen molar-refractivity contribution in [3.8, 4) is 0 Å². The average molecular weight is 234 g/mol. The van der Waals surface area contributed by atoms with E-state index in [-0.39, 0.29) is 11.9 Å². The summed E-state index contributed by atoms with van der Waals surface area (Å²) in [5.41, 5.74) is 1.00. The Morgan fingerprint density at radius 2 is 2.29 bits per heavy atom. The molecule has 17 heavy (non-hydrogen) atoms. The molecule has 4 heteroatoms. The number of ether oxygens (including phenoxy) is 1. The molecule has 0 bridgehead atoms.